The maximum atomic E-state index is 14.1. The predicted octanol–water partition coefficient (Wildman–Crippen LogP) is 5.56. The second-order valence-electron chi connectivity index (χ2n) is 8.28. The molecule has 140 valence electrons. The average Bonchev–Trinajstić information content (AvgIpc) is 3.02. The van der Waals surface area contributed by atoms with Crippen LogP contribution in [0.25, 0.3) is 16.6 Å². The minimum atomic E-state index is -1.94. The van der Waals surface area contributed by atoms with Gasteiger partial charge in [0.25, 0.3) is 0 Å². The first-order chi connectivity index (χ1) is 12.6. The normalized spacial score (nSPS) is 12.3. The van der Waals surface area contributed by atoms with Crippen molar-refractivity contribution >= 4 is 19.2 Å². The van der Waals surface area contributed by atoms with Crippen molar-refractivity contribution in [3.8, 4) is 11.8 Å². The highest BCUT2D eigenvalue weighted by molar-refractivity contribution is 6.74. The van der Waals surface area contributed by atoms with Crippen LogP contribution in [0, 0.1) is 17.1 Å². The lowest BCUT2D eigenvalue weighted by atomic mass is 10.1. The maximum Gasteiger partial charge on any atom is 0.192 e. The van der Waals surface area contributed by atoms with Crippen molar-refractivity contribution in [2.45, 2.75) is 45.5 Å². The minimum Gasteiger partial charge on any atom is -0.413 e. The van der Waals surface area contributed by atoms with Crippen molar-refractivity contribution in [1.82, 2.24) is 9.78 Å². The lowest BCUT2D eigenvalue weighted by molar-refractivity contribution is 0.277. The number of halogens is 1. The zero-order valence-corrected chi connectivity index (χ0v) is 17.4. The van der Waals surface area contributed by atoms with Gasteiger partial charge in [0.05, 0.1) is 29.4 Å². The van der Waals surface area contributed by atoms with E-state index < -0.39 is 8.32 Å². The number of fused-ring (bicyclic) bond motifs is 1. The summed E-state index contributed by atoms with van der Waals surface area (Å²) in [7, 11) is -1.94. The van der Waals surface area contributed by atoms with Gasteiger partial charge in [-0.2, -0.15) is 10.4 Å². The molecule has 1 aromatic heterocycles. The van der Waals surface area contributed by atoms with Gasteiger partial charge in [0, 0.05) is 17.6 Å². The summed E-state index contributed by atoms with van der Waals surface area (Å²) in [6.45, 7) is 11.3. The summed E-state index contributed by atoms with van der Waals surface area (Å²) in [6.07, 6.45) is 1.89. The van der Waals surface area contributed by atoms with Gasteiger partial charge in [0.1, 0.15) is 5.82 Å². The number of hydrogen-bond donors (Lipinski definition) is 0. The molecule has 3 rings (SSSR count). The van der Waals surface area contributed by atoms with Crippen LogP contribution >= 0.6 is 0 Å². The third-order valence-electron chi connectivity index (χ3n) is 5.33. The number of hydrogen-bond acceptors (Lipinski definition) is 3. The minimum absolute atomic E-state index is 0.0894. The lowest BCUT2D eigenvalue weighted by Gasteiger charge is -2.36. The van der Waals surface area contributed by atoms with Gasteiger partial charge in [-0.25, -0.2) is 9.07 Å². The van der Waals surface area contributed by atoms with E-state index in [9.17, 15) is 4.39 Å². The molecule has 0 saturated heterocycles. The highest BCUT2D eigenvalue weighted by Crippen LogP contribution is 2.37. The number of rotatable bonds is 4. The molecular weight excluding hydrogens is 357 g/mol. The summed E-state index contributed by atoms with van der Waals surface area (Å²) in [5.74, 6) is -0.318. The Hall–Kier alpha value is -2.49. The van der Waals surface area contributed by atoms with Gasteiger partial charge in [-0.3, -0.25) is 0 Å². The monoisotopic (exact) mass is 381 g/mol. The van der Waals surface area contributed by atoms with E-state index in [2.05, 4.69) is 45.0 Å². The van der Waals surface area contributed by atoms with Crippen LogP contribution in [0.4, 0.5) is 4.39 Å². The van der Waals surface area contributed by atoms with Crippen LogP contribution in [0.5, 0.6) is 0 Å². The molecule has 0 aliphatic carbocycles. The van der Waals surface area contributed by atoms with E-state index in [4.69, 9.17) is 9.69 Å². The van der Waals surface area contributed by atoms with Gasteiger partial charge in [-0.1, -0.05) is 20.8 Å². The molecule has 0 saturated carbocycles. The fraction of sp³-hybridized carbons (Fsp3) is 0.333. The van der Waals surface area contributed by atoms with E-state index in [0.717, 1.165) is 16.6 Å². The molecule has 2 aromatic carbocycles. The molecule has 3 aromatic rings. The largest absolute Gasteiger partial charge is 0.413 e. The molecule has 0 fully saturated rings. The molecule has 0 spiro atoms. The number of benzene rings is 2. The van der Waals surface area contributed by atoms with E-state index >= 15 is 0 Å². The van der Waals surface area contributed by atoms with Crippen molar-refractivity contribution in [2.24, 2.45) is 0 Å². The molecule has 0 aliphatic rings. The molecular formula is C21H24FN3OSi. The van der Waals surface area contributed by atoms with Gasteiger partial charge in [-0.05, 0) is 54.0 Å². The summed E-state index contributed by atoms with van der Waals surface area (Å²) in [5.41, 5.74) is 2.80. The topological polar surface area (TPSA) is 50.8 Å². The first kappa shape index (κ1) is 19.3. The zero-order valence-electron chi connectivity index (χ0n) is 16.4. The van der Waals surface area contributed by atoms with Crippen LogP contribution in [0.1, 0.15) is 31.9 Å². The summed E-state index contributed by atoms with van der Waals surface area (Å²) < 4.78 is 22.1. The van der Waals surface area contributed by atoms with E-state index in [1.165, 1.54) is 12.1 Å². The summed E-state index contributed by atoms with van der Waals surface area (Å²) in [5, 5.41) is 14.4. The molecule has 0 N–H and O–H groups in total. The van der Waals surface area contributed by atoms with Crippen molar-refractivity contribution in [1.29, 1.82) is 5.26 Å². The summed E-state index contributed by atoms with van der Waals surface area (Å²) >= 11 is 0. The average molecular weight is 382 g/mol. The highest BCUT2D eigenvalue weighted by atomic mass is 28.4. The first-order valence-corrected chi connectivity index (χ1v) is 11.8. The molecule has 6 heteroatoms. The van der Waals surface area contributed by atoms with Crippen molar-refractivity contribution in [3.05, 3.63) is 59.5 Å². The van der Waals surface area contributed by atoms with Crippen LogP contribution < -0.4 is 0 Å². The Morgan fingerprint density at radius 2 is 1.85 bits per heavy atom. The maximum absolute atomic E-state index is 14.1. The second-order valence-corrected chi connectivity index (χ2v) is 13.1. The molecule has 0 aliphatic heterocycles. The standard InChI is InChI=1S/C21H24FN3OSi/c1-21(2,3)27(4,5)26-14-16-10-17(22)11-20-19(16)13-25(24-20)18-8-6-15(12-23)7-9-18/h6-11,13H,14H2,1-5H3. The SMILES string of the molecule is CC(C)(C)[Si](C)(C)OCc1cc(F)cc2nn(-c3ccc(C#N)cc3)cc12. The molecule has 0 unspecified atom stereocenters. The Morgan fingerprint density at radius 1 is 1.19 bits per heavy atom. The smallest absolute Gasteiger partial charge is 0.192 e. The van der Waals surface area contributed by atoms with Crippen LogP contribution in [0.3, 0.4) is 0 Å². The molecule has 1 heterocycles. The third kappa shape index (κ3) is 3.94. The van der Waals surface area contributed by atoms with Gasteiger partial charge >= 0.3 is 0 Å². The zero-order chi connectivity index (χ0) is 19.8. The van der Waals surface area contributed by atoms with E-state index in [-0.39, 0.29) is 10.9 Å². The molecule has 0 bridgehead atoms. The fourth-order valence-corrected chi connectivity index (χ4v) is 3.52. The van der Waals surface area contributed by atoms with Crippen LogP contribution in [-0.2, 0) is 11.0 Å². The van der Waals surface area contributed by atoms with E-state index in [1.807, 2.05) is 18.3 Å². The second kappa shape index (κ2) is 6.91. The van der Waals surface area contributed by atoms with Crippen LogP contribution in [-0.4, -0.2) is 18.1 Å². The summed E-state index contributed by atoms with van der Waals surface area (Å²) in [4.78, 5) is 0. The van der Waals surface area contributed by atoms with Crippen LogP contribution in [0.2, 0.25) is 18.1 Å². The Morgan fingerprint density at radius 3 is 2.44 bits per heavy atom. The fourth-order valence-electron chi connectivity index (χ4n) is 2.57. The van der Waals surface area contributed by atoms with Crippen LogP contribution in [0.15, 0.2) is 42.6 Å². The Bertz CT molecular complexity index is 1010. The van der Waals surface area contributed by atoms with Gasteiger partial charge < -0.3 is 4.43 Å². The quantitative estimate of drug-likeness (QED) is 0.556. The Labute approximate surface area is 160 Å². The number of aromatic nitrogens is 2. The molecule has 0 radical (unpaired) electrons. The predicted molar refractivity (Wildman–Crippen MR) is 108 cm³/mol. The van der Waals surface area contributed by atoms with Crippen molar-refractivity contribution in [2.75, 3.05) is 0 Å². The third-order valence-corrected chi connectivity index (χ3v) is 9.81. The van der Waals surface area contributed by atoms with Crippen molar-refractivity contribution in [3.63, 3.8) is 0 Å². The highest BCUT2D eigenvalue weighted by Gasteiger charge is 2.37. The first-order valence-electron chi connectivity index (χ1n) is 8.93. The molecule has 0 amide bonds. The Kier molecular flexibility index (Phi) is 4.93. The van der Waals surface area contributed by atoms with E-state index in [0.29, 0.717) is 17.7 Å². The van der Waals surface area contributed by atoms with Gasteiger partial charge in [0.2, 0.25) is 0 Å². The molecule has 0 atom stereocenters. The Balaban J connectivity index is 1.96. The van der Waals surface area contributed by atoms with Crippen molar-refractivity contribution < 1.29 is 8.82 Å². The lowest BCUT2D eigenvalue weighted by Crippen LogP contribution is -2.40. The van der Waals surface area contributed by atoms with Gasteiger partial charge in [-0.15, -0.1) is 0 Å². The molecule has 27 heavy (non-hydrogen) atoms. The number of nitrogens with zero attached hydrogens (tertiary/aromatic N) is 3. The molecule has 4 nitrogen and oxygen atoms in total. The summed E-state index contributed by atoms with van der Waals surface area (Å²) in [6, 6.07) is 12.2. The van der Waals surface area contributed by atoms with E-state index in [1.54, 1.807) is 16.8 Å². The number of nitriles is 1. The van der Waals surface area contributed by atoms with Gasteiger partial charge in [0.15, 0.2) is 8.32 Å².